The lowest BCUT2D eigenvalue weighted by Crippen LogP contribution is -1.96. The van der Waals surface area contributed by atoms with Crippen LogP contribution < -0.4 is 0 Å². The fraction of sp³-hybridized carbons (Fsp3) is 0. The van der Waals surface area contributed by atoms with E-state index in [4.69, 9.17) is 14.4 Å². The molecule has 3 aromatic heterocycles. The highest BCUT2D eigenvalue weighted by atomic mass is 16.3. The molecule has 0 amide bonds. The van der Waals surface area contributed by atoms with Gasteiger partial charge in [0.1, 0.15) is 11.2 Å². The molecule has 0 spiro atoms. The van der Waals surface area contributed by atoms with Crippen molar-refractivity contribution in [2.24, 2.45) is 0 Å². The smallest absolute Gasteiger partial charge is 0.164 e. The number of benzene rings is 9. The number of nitrogens with zero attached hydrogens (tertiary/aromatic N) is 3. The van der Waals surface area contributed by atoms with Gasteiger partial charge in [-0.1, -0.05) is 140 Å². The normalized spacial score (nSPS) is 11.9. The summed E-state index contributed by atoms with van der Waals surface area (Å²) in [5.41, 5.74) is 11.1. The molecule has 0 unspecified atom stereocenters. The van der Waals surface area contributed by atoms with Crippen LogP contribution in [-0.4, -0.2) is 14.5 Å². The van der Waals surface area contributed by atoms with E-state index in [9.17, 15) is 0 Å². The first-order chi connectivity index (χ1) is 27.7. The molecule has 0 atom stereocenters. The van der Waals surface area contributed by atoms with Crippen LogP contribution in [0.25, 0.3) is 116 Å². The predicted molar refractivity (Wildman–Crippen MR) is 232 cm³/mol. The van der Waals surface area contributed by atoms with E-state index >= 15 is 0 Å². The van der Waals surface area contributed by atoms with Gasteiger partial charge >= 0.3 is 0 Å². The Morgan fingerprint density at radius 3 is 1.91 bits per heavy atom. The van der Waals surface area contributed by atoms with E-state index in [-0.39, 0.29) is 0 Å². The number of para-hydroxylation sites is 2. The maximum Gasteiger partial charge on any atom is 0.164 e. The maximum atomic E-state index is 6.88. The van der Waals surface area contributed by atoms with E-state index in [0.717, 1.165) is 66.1 Å². The molecule has 3 heterocycles. The maximum absolute atomic E-state index is 6.88. The number of hydrogen-bond donors (Lipinski definition) is 0. The summed E-state index contributed by atoms with van der Waals surface area (Å²) in [5, 5.41) is 10.3. The van der Waals surface area contributed by atoms with Crippen LogP contribution in [0.15, 0.2) is 192 Å². The van der Waals surface area contributed by atoms with Crippen molar-refractivity contribution in [2.75, 3.05) is 0 Å². The molecule has 4 nitrogen and oxygen atoms in total. The van der Waals surface area contributed by atoms with Gasteiger partial charge < -0.3 is 8.98 Å². The minimum Gasteiger partial charge on any atom is -0.455 e. The standard InChI is InChI=1S/C52H31N3O/c1-2-12-32(13-3-1)33-22-24-34(25-23-33)50-41-19-8-10-20-45(41)53-52(54-50)44-29-37-16-6-7-17-39(37)49-43-31-38(26-27-48(43)56-51(44)49)55-46-21-11-9-18-40(46)42-28-35-14-4-5-15-36(35)30-47(42)55/h1-31H. The average molecular weight is 714 g/mol. The number of furan rings is 1. The fourth-order valence-corrected chi connectivity index (χ4v) is 8.72. The molecule has 0 aliphatic carbocycles. The lowest BCUT2D eigenvalue weighted by molar-refractivity contribution is 0.670. The molecule has 0 aliphatic rings. The first-order valence-electron chi connectivity index (χ1n) is 19.0. The van der Waals surface area contributed by atoms with Crippen LogP contribution in [0.3, 0.4) is 0 Å². The van der Waals surface area contributed by atoms with E-state index in [2.05, 4.69) is 180 Å². The molecule has 12 aromatic rings. The lowest BCUT2D eigenvalue weighted by atomic mass is 9.98. The van der Waals surface area contributed by atoms with Crippen molar-refractivity contribution in [3.63, 3.8) is 0 Å². The van der Waals surface area contributed by atoms with Crippen molar-refractivity contribution in [1.82, 2.24) is 14.5 Å². The van der Waals surface area contributed by atoms with Gasteiger partial charge in [0.15, 0.2) is 5.82 Å². The van der Waals surface area contributed by atoms with Gasteiger partial charge in [-0.15, -0.1) is 0 Å². The second-order valence-electron chi connectivity index (χ2n) is 14.6. The monoisotopic (exact) mass is 713 g/mol. The third-order valence-corrected chi connectivity index (χ3v) is 11.4. The molecule has 0 bridgehead atoms. The minimum atomic E-state index is 0.634. The second kappa shape index (κ2) is 12.0. The van der Waals surface area contributed by atoms with Gasteiger partial charge in [0.05, 0.1) is 27.8 Å². The van der Waals surface area contributed by atoms with Crippen LogP contribution in [0.1, 0.15) is 0 Å². The summed E-state index contributed by atoms with van der Waals surface area (Å²) in [6.07, 6.45) is 0. The Kier molecular flexibility index (Phi) is 6.60. The summed E-state index contributed by atoms with van der Waals surface area (Å²) in [6, 6.07) is 66.7. The van der Waals surface area contributed by atoms with Crippen molar-refractivity contribution in [2.45, 2.75) is 0 Å². The zero-order valence-electron chi connectivity index (χ0n) is 30.1. The van der Waals surface area contributed by atoms with E-state index in [1.54, 1.807) is 0 Å². The summed E-state index contributed by atoms with van der Waals surface area (Å²) in [5.74, 6) is 0.634. The molecule has 12 rings (SSSR count). The van der Waals surface area contributed by atoms with E-state index in [0.29, 0.717) is 5.82 Å². The average Bonchev–Trinajstić information content (AvgIpc) is 3.81. The van der Waals surface area contributed by atoms with Crippen molar-refractivity contribution in [3.05, 3.63) is 188 Å². The summed E-state index contributed by atoms with van der Waals surface area (Å²) in [6.45, 7) is 0. The topological polar surface area (TPSA) is 43.9 Å². The minimum absolute atomic E-state index is 0.634. The van der Waals surface area contributed by atoms with Crippen LogP contribution in [0.2, 0.25) is 0 Å². The Labute approximate surface area is 321 Å². The fourth-order valence-electron chi connectivity index (χ4n) is 8.72. The van der Waals surface area contributed by atoms with E-state index in [1.165, 1.54) is 43.7 Å². The number of rotatable bonds is 4. The highest BCUT2D eigenvalue weighted by Gasteiger charge is 2.21. The van der Waals surface area contributed by atoms with Crippen LogP contribution >= 0.6 is 0 Å². The molecular weight excluding hydrogens is 683 g/mol. The highest BCUT2D eigenvalue weighted by molar-refractivity contribution is 6.23. The third kappa shape index (κ3) is 4.66. The third-order valence-electron chi connectivity index (χ3n) is 11.4. The van der Waals surface area contributed by atoms with E-state index < -0.39 is 0 Å². The van der Waals surface area contributed by atoms with Gasteiger partial charge in [0.25, 0.3) is 0 Å². The van der Waals surface area contributed by atoms with Crippen molar-refractivity contribution < 1.29 is 4.42 Å². The van der Waals surface area contributed by atoms with Crippen LogP contribution in [-0.2, 0) is 0 Å². The molecule has 0 fully saturated rings. The molecule has 0 saturated carbocycles. The SMILES string of the molecule is c1ccc(-c2ccc(-c3nc(-c4cc5ccccc5c5c4oc4ccc(-n6c7ccccc7c7cc8ccccc8cc76)cc45)nc4ccccc34)cc2)cc1. The van der Waals surface area contributed by atoms with Gasteiger partial charge in [0.2, 0.25) is 0 Å². The van der Waals surface area contributed by atoms with Crippen LogP contribution in [0, 0.1) is 0 Å². The lowest BCUT2D eigenvalue weighted by Gasteiger charge is -2.11. The number of fused-ring (bicyclic) bond motifs is 10. The van der Waals surface area contributed by atoms with Crippen molar-refractivity contribution in [3.8, 4) is 39.5 Å². The zero-order valence-corrected chi connectivity index (χ0v) is 30.1. The first-order valence-corrected chi connectivity index (χ1v) is 19.0. The number of aromatic nitrogens is 3. The predicted octanol–water partition coefficient (Wildman–Crippen LogP) is 13.9. The molecule has 4 heteroatoms. The van der Waals surface area contributed by atoms with Gasteiger partial charge in [-0.05, 0) is 81.2 Å². The molecule has 56 heavy (non-hydrogen) atoms. The second-order valence-corrected chi connectivity index (χ2v) is 14.6. The molecule has 0 N–H and O–H groups in total. The largest absolute Gasteiger partial charge is 0.455 e. The van der Waals surface area contributed by atoms with Gasteiger partial charge in [0, 0.05) is 38.2 Å². The Bertz CT molecular complexity index is 3520. The van der Waals surface area contributed by atoms with Gasteiger partial charge in [-0.25, -0.2) is 9.97 Å². The Morgan fingerprint density at radius 2 is 1.07 bits per heavy atom. The van der Waals surface area contributed by atoms with Crippen LogP contribution in [0.4, 0.5) is 0 Å². The summed E-state index contributed by atoms with van der Waals surface area (Å²) in [7, 11) is 0. The van der Waals surface area contributed by atoms with Crippen molar-refractivity contribution >= 4 is 76.2 Å². The highest BCUT2D eigenvalue weighted by Crippen LogP contribution is 2.43. The summed E-state index contributed by atoms with van der Waals surface area (Å²) >= 11 is 0. The van der Waals surface area contributed by atoms with E-state index in [1.807, 2.05) is 12.1 Å². The first kappa shape index (κ1) is 30.9. The molecule has 0 saturated heterocycles. The Morgan fingerprint density at radius 1 is 0.411 bits per heavy atom. The zero-order chi connectivity index (χ0) is 36.7. The van der Waals surface area contributed by atoms with Gasteiger partial charge in [-0.2, -0.15) is 0 Å². The summed E-state index contributed by atoms with van der Waals surface area (Å²) in [4.78, 5) is 10.5. The molecule has 0 aliphatic heterocycles. The Balaban J connectivity index is 1.09. The number of hydrogen-bond acceptors (Lipinski definition) is 3. The molecule has 0 radical (unpaired) electrons. The molecule has 260 valence electrons. The summed E-state index contributed by atoms with van der Waals surface area (Å²) < 4.78 is 9.28. The van der Waals surface area contributed by atoms with Gasteiger partial charge in [-0.3, -0.25) is 0 Å². The quantitative estimate of drug-likeness (QED) is 0.182. The Hall–Kier alpha value is -7.56. The molecule has 9 aromatic carbocycles. The van der Waals surface area contributed by atoms with Crippen LogP contribution in [0.5, 0.6) is 0 Å². The molecular formula is C52H31N3O. The van der Waals surface area contributed by atoms with Crippen molar-refractivity contribution in [1.29, 1.82) is 0 Å².